The van der Waals surface area contributed by atoms with Crippen LogP contribution in [0.25, 0.3) is 6.08 Å². The van der Waals surface area contributed by atoms with Crippen molar-refractivity contribution in [2.45, 2.75) is 0 Å². The molecule has 58 valence electrons. The first-order valence-corrected chi connectivity index (χ1v) is 3.61. The van der Waals surface area contributed by atoms with E-state index in [1.807, 2.05) is 12.1 Å². The molecule has 0 spiro atoms. The standard InChI is InChI=1S/C9H9ClO/c1-3-7-4-5-8(10)9(6-7)11-2/h3-6H,1H2,2H3. The fourth-order valence-corrected chi connectivity index (χ4v) is 0.998. The van der Waals surface area contributed by atoms with E-state index in [4.69, 9.17) is 16.3 Å². The summed E-state index contributed by atoms with van der Waals surface area (Å²) >= 11 is 5.79. The molecular formula is C9H9ClO. The van der Waals surface area contributed by atoms with Crippen molar-refractivity contribution >= 4 is 17.7 Å². The van der Waals surface area contributed by atoms with E-state index in [-0.39, 0.29) is 0 Å². The lowest BCUT2D eigenvalue weighted by Crippen LogP contribution is -1.84. The first-order chi connectivity index (χ1) is 5.27. The number of methoxy groups -OCH3 is 1. The lowest BCUT2D eigenvalue weighted by Gasteiger charge is -2.02. The summed E-state index contributed by atoms with van der Waals surface area (Å²) in [4.78, 5) is 0. The Hall–Kier alpha value is -0.950. The molecule has 0 radical (unpaired) electrons. The van der Waals surface area contributed by atoms with Gasteiger partial charge in [0.15, 0.2) is 0 Å². The maximum absolute atomic E-state index is 5.79. The molecule has 0 saturated heterocycles. The number of benzene rings is 1. The lowest BCUT2D eigenvalue weighted by molar-refractivity contribution is 0.415. The quantitative estimate of drug-likeness (QED) is 0.660. The zero-order chi connectivity index (χ0) is 8.27. The predicted molar refractivity (Wildman–Crippen MR) is 48.1 cm³/mol. The zero-order valence-electron chi connectivity index (χ0n) is 6.30. The summed E-state index contributed by atoms with van der Waals surface area (Å²) < 4.78 is 5.01. The van der Waals surface area contributed by atoms with Gasteiger partial charge in [-0.25, -0.2) is 0 Å². The molecule has 0 unspecified atom stereocenters. The molecule has 0 saturated carbocycles. The average Bonchev–Trinajstić information content (AvgIpc) is 2.05. The summed E-state index contributed by atoms with van der Waals surface area (Å²) in [5.74, 6) is 0.684. The molecule has 0 amide bonds. The minimum absolute atomic E-state index is 0.623. The number of ether oxygens (including phenoxy) is 1. The third kappa shape index (κ3) is 1.75. The molecule has 1 aromatic carbocycles. The summed E-state index contributed by atoms with van der Waals surface area (Å²) in [6, 6.07) is 5.52. The second-order valence-corrected chi connectivity index (χ2v) is 2.51. The van der Waals surface area contributed by atoms with Crippen LogP contribution >= 0.6 is 11.6 Å². The van der Waals surface area contributed by atoms with Crippen LogP contribution in [0.2, 0.25) is 5.02 Å². The molecule has 0 fully saturated rings. The number of hydrogen-bond donors (Lipinski definition) is 0. The molecule has 0 aliphatic carbocycles. The van der Waals surface area contributed by atoms with Gasteiger partial charge >= 0.3 is 0 Å². The molecule has 0 N–H and O–H groups in total. The van der Waals surface area contributed by atoms with Gasteiger partial charge in [0, 0.05) is 0 Å². The summed E-state index contributed by atoms with van der Waals surface area (Å²) in [6.45, 7) is 3.64. The summed E-state index contributed by atoms with van der Waals surface area (Å²) in [5, 5.41) is 0.623. The van der Waals surface area contributed by atoms with Crippen LogP contribution in [0.4, 0.5) is 0 Å². The number of hydrogen-bond acceptors (Lipinski definition) is 1. The third-order valence-electron chi connectivity index (χ3n) is 1.41. The van der Waals surface area contributed by atoms with Gasteiger partial charge in [0.1, 0.15) is 5.75 Å². The molecule has 2 heteroatoms. The molecule has 0 aliphatic heterocycles. The van der Waals surface area contributed by atoms with Crippen molar-refractivity contribution in [1.29, 1.82) is 0 Å². The molecule has 0 aromatic heterocycles. The highest BCUT2D eigenvalue weighted by Crippen LogP contribution is 2.25. The summed E-state index contributed by atoms with van der Waals surface area (Å²) in [5.41, 5.74) is 1.01. The van der Waals surface area contributed by atoms with E-state index >= 15 is 0 Å². The van der Waals surface area contributed by atoms with Gasteiger partial charge in [0.05, 0.1) is 12.1 Å². The van der Waals surface area contributed by atoms with Crippen LogP contribution in [0, 0.1) is 0 Å². The van der Waals surface area contributed by atoms with Crippen LogP contribution in [-0.2, 0) is 0 Å². The third-order valence-corrected chi connectivity index (χ3v) is 1.72. The predicted octanol–water partition coefficient (Wildman–Crippen LogP) is 2.99. The Bertz CT molecular complexity index is 268. The SMILES string of the molecule is C=Cc1ccc(Cl)c(OC)c1. The van der Waals surface area contributed by atoms with E-state index in [9.17, 15) is 0 Å². The second kappa shape index (κ2) is 3.44. The van der Waals surface area contributed by atoms with Crippen molar-refractivity contribution in [2.75, 3.05) is 7.11 Å². The molecule has 0 bridgehead atoms. The largest absolute Gasteiger partial charge is 0.495 e. The Morgan fingerprint density at radius 1 is 1.55 bits per heavy atom. The van der Waals surface area contributed by atoms with Crippen molar-refractivity contribution in [3.63, 3.8) is 0 Å². The first kappa shape index (κ1) is 8.15. The topological polar surface area (TPSA) is 9.23 Å². The van der Waals surface area contributed by atoms with E-state index in [2.05, 4.69) is 6.58 Å². The van der Waals surface area contributed by atoms with Crippen molar-refractivity contribution < 1.29 is 4.74 Å². The van der Waals surface area contributed by atoms with Crippen LogP contribution < -0.4 is 4.74 Å². The zero-order valence-corrected chi connectivity index (χ0v) is 7.06. The van der Waals surface area contributed by atoms with Crippen LogP contribution in [-0.4, -0.2) is 7.11 Å². The maximum atomic E-state index is 5.79. The Morgan fingerprint density at radius 3 is 2.82 bits per heavy atom. The van der Waals surface area contributed by atoms with E-state index in [0.717, 1.165) is 5.56 Å². The Kier molecular flexibility index (Phi) is 2.55. The second-order valence-electron chi connectivity index (χ2n) is 2.10. The molecule has 0 heterocycles. The van der Waals surface area contributed by atoms with E-state index in [0.29, 0.717) is 10.8 Å². The van der Waals surface area contributed by atoms with Gasteiger partial charge in [-0.2, -0.15) is 0 Å². The summed E-state index contributed by atoms with van der Waals surface area (Å²) in [6.07, 6.45) is 1.75. The van der Waals surface area contributed by atoms with Gasteiger partial charge in [-0.1, -0.05) is 30.3 Å². The lowest BCUT2D eigenvalue weighted by atomic mass is 10.2. The van der Waals surface area contributed by atoms with Crippen molar-refractivity contribution in [2.24, 2.45) is 0 Å². The van der Waals surface area contributed by atoms with E-state index in [1.54, 1.807) is 19.3 Å². The van der Waals surface area contributed by atoms with Gasteiger partial charge in [0.25, 0.3) is 0 Å². The maximum Gasteiger partial charge on any atom is 0.138 e. The van der Waals surface area contributed by atoms with Crippen molar-refractivity contribution in [1.82, 2.24) is 0 Å². The molecular weight excluding hydrogens is 160 g/mol. The summed E-state index contributed by atoms with van der Waals surface area (Å²) in [7, 11) is 1.59. The fraction of sp³-hybridized carbons (Fsp3) is 0.111. The van der Waals surface area contributed by atoms with E-state index in [1.165, 1.54) is 0 Å². The minimum atomic E-state index is 0.623. The van der Waals surface area contributed by atoms with Gasteiger partial charge < -0.3 is 4.74 Å². The number of halogens is 1. The highest BCUT2D eigenvalue weighted by Gasteiger charge is 1.98. The monoisotopic (exact) mass is 168 g/mol. The highest BCUT2D eigenvalue weighted by molar-refractivity contribution is 6.32. The molecule has 0 aliphatic rings. The Balaban J connectivity index is 3.12. The molecule has 1 rings (SSSR count). The Morgan fingerprint density at radius 2 is 2.27 bits per heavy atom. The molecule has 11 heavy (non-hydrogen) atoms. The van der Waals surface area contributed by atoms with Gasteiger partial charge in [-0.3, -0.25) is 0 Å². The van der Waals surface area contributed by atoms with E-state index < -0.39 is 0 Å². The molecule has 1 aromatic rings. The first-order valence-electron chi connectivity index (χ1n) is 3.24. The Labute approximate surface area is 71.3 Å². The van der Waals surface area contributed by atoms with Crippen LogP contribution in [0.3, 0.4) is 0 Å². The average molecular weight is 169 g/mol. The fourth-order valence-electron chi connectivity index (χ4n) is 0.803. The normalized spacial score (nSPS) is 9.27. The number of rotatable bonds is 2. The van der Waals surface area contributed by atoms with Gasteiger partial charge in [-0.05, 0) is 17.7 Å². The molecule has 1 nitrogen and oxygen atoms in total. The van der Waals surface area contributed by atoms with Gasteiger partial charge in [-0.15, -0.1) is 0 Å². The minimum Gasteiger partial charge on any atom is -0.495 e. The van der Waals surface area contributed by atoms with Crippen LogP contribution in [0.5, 0.6) is 5.75 Å². The van der Waals surface area contributed by atoms with Crippen molar-refractivity contribution in [3.8, 4) is 5.75 Å². The van der Waals surface area contributed by atoms with Crippen molar-refractivity contribution in [3.05, 3.63) is 35.4 Å². The molecule has 0 atom stereocenters. The highest BCUT2D eigenvalue weighted by atomic mass is 35.5. The smallest absolute Gasteiger partial charge is 0.138 e. The van der Waals surface area contributed by atoms with Crippen LogP contribution in [0.1, 0.15) is 5.56 Å². The van der Waals surface area contributed by atoms with Crippen LogP contribution in [0.15, 0.2) is 24.8 Å². The van der Waals surface area contributed by atoms with Gasteiger partial charge in [0.2, 0.25) is 0 Å².